The Morgan fingerprint density at radius 1 is 0.977 bits per heavy atom. The van der Waals surface area contributed by atoms with Crippen LogP contribution in [0.15, 0.2) is 77.7 Å². The minimum absolute atomic E-state index is 0.0397. The summed E-state index contributed by atoms with van der Waals surface area (Å²) in [6, 6.07) is 16.3. The van der Waals surface area contributed by atoms with Gasteiger partial charge in [0.2, 0.25) is 16.3 Å². The molecular formula is C31H34F2N2O8S. The van der Waals surface area contributed by atoms with Gasteiger partial charge in [-0.1, -0.05) is 50.2 Å². The second kappa shape index (κ2) is 13.7. The Bertz CT molecular complexity index is 1580. The van der Waals surface area contributed by atoms with Crippen LogP contribution in [0.25, 0.3) is 0 Å². The molecule has 2 atom stereocenters. The number of hydrogen-bond donors (Lipinski definition) is 2. The number of nitrogens with one attached hydrogen (secondary N) is 1. The van der Waals surface area contributed by atoms with E-state index in [2.05, 4.69) is 5.32 Å². The summed E-state index contributed by atoms with van der Waals surface area (Å²) in [5.41, 5.74) is -0.273. The first-order valence-corrected chi connectivity index (χ1v) is 15.3. The number of aliphatic hydroxyl groups excluding tert-OH is 1. The maximum Gasteiger partial charge on any atom is 0.410 e. The molecule has 4 rings (SSSR count). The number of ether oxygens (including phenoxy) is 3. The molecule has 3 aromatic rings. The van der Waals surface area contributed by atoms with Gasteiger partial charge in [0.25, 0.3) is 0 Å². The maximum atomic E-state index is 14.5. The van der Waals surface area contributed by atoms with E-state index in [1.165, 1.54) is 71.9 Å². The number of sulfonamides is 1. The van der Waals surface area contributed by atoms with E-state index in [9.17, 15) is 31.9 Å². The van der Waals surface area contributed by atoms with Crippen molar-refractivity contribution >= 4 is 22.1 Å². The second-order valence-electron chi connectivity index (χ2n) is 10.7. The second-order valence-corrected chi connectivity index (χ2v) is 12.7. The Morgan fingerprint density at radius 3 is 2.30 bits per heavy atom. The predicted molar refractivity (Wildman–Crippen MR) is 155 cm³/mol. The third-order valence-electron chi connectivity index (χ3n) is 6.96. The minimum Gasteiger partial charge on any atom is -0.477 e. The van der Waals surface area contributed by atoms with Gasteiger partial charge in [0.05, 0.1) is 36.6 Å². The molecule has 1 saturated heterocycles. The maximum absolute atomic E-state index is 14.5. The molecule has 2 N–H and O–H groups in total. The highest BCUT2D eigenvalue weighted by atomic mass is 32.2. The van der Waals surface area contributed by atoms with Crippen LogP contribution < -0.4 is 10.1 Å². The number of carbonyl (C=O) groups excluding carboxylic acids is 2. The van der Waals surface area contributed by atoms with Crippen molar-refractivity contribution in [1.29, 1.82) is 0 Å². The first kappa shape index (κ1) is 32.8. The minimum atomic E-state index is -4.05. The van der Waals surface area contributed by atoms with Crippen LogP contribution >= 0.6 is 0 Å². The van der Waals surface area contributed by atoms with Gasteiger partial charge in [-0.2, -0.15) is 4.31 Å². The van der Waals surface area contributed by atoms with Crippen molar-refractivity contribution in [3.05, 3.63) is 95.6 Å². The molecule has 0 aliphatic carbocycles. The number of aliphatic hydroxyl groups is 1. The molecule has 236 valence electrons. The molecule has 1 fully saturated rings. The van der Waals surface area contributed by atoms with Crippen LogP contribution in [0.3, 0.4) is 0 Å². The van der Waals surface area contributed by atoms with Crippen LogP contribution in [0.5, 0.6) is 5.75 Å². The van der Waals surface area contributed by atoms with E-state index in [1.54, 1.807) is 26.0 Å². The van der Waals surface area contributed by atoms with Gasteiger partial charge >= 0.3 is 12.1 Å². The number of halogens is 2. The highest BCUT2D eigenvalue weighted by Gasteiger charge is 2.52. The third-order valence-corrected chi connectivity index (χ3v) is 8.75. The smallest absolute Gasteiger partial charge is 0.410 e. The van der Waals surface area contributed by atoms with E-state index in [0.717, 1.165) is 0 Å². The Balaban J connectivity index is 1.45. The van der Waals surface area contributed by atoms with E-state index in [0.29, 0.717) is 11.1 Å². The molecule has 0 radical (unpaired) electrons. The summed E-state index contributed by atoms with van der Waals surface area (Å²) >= 11 is 0. The predicted octanol–water partition coefficient (Wildman–Crippen LogP) is 4.12. The molecule has 0 saturated carbocycles. The average Bonchev–Trinajstić information content (AvgIpc) is 2.95. The largest absolute Gasteiger partial charge is 0.477 e. The lowest BCUT2D eigenvalue weighted by molar-refractivity contribution is -0.168. The zero-order valence-corrected chi connectivity index (χ0v) is 25.2. The number of amides is 1. The van der Waals surface area contributed by atoms with Crippen molar-refractivity contribution < 1.29 is 46.1 Å². The first-order valence-electron chi connectivity index (χ1n) is 13.9. The third kappa shape index (κ3) is 7.71. The Labute approximate surface area is 254 Å². The van der Waals surface area contributed by atoms with Gasteiger partial charge in [0.1, 0.15) is 5.82 Å². The van der Waals surface area contributed by atoms with Gasteiger partial charge in [0, 0.05) is 6.92 Å². The fourth-order valence-corrected chi connectivity index (χ4v) is 6.20. The number of esters is 1. The fraction of sp³-hybridized carbons (Fsp3) is 0.355. The van der Waals surface area contributed by atoms with Crippen molar-refractivity contribution in [2.24, 2.45) is 5.92 Å². The van der Waals surface area contributed by atoms with Crippen LogP contribution in [0.1, 0.15) is 31.9 Å². The van der Waals surface area contributed by atoms with Crippen molar-refractivity contribution in [3.8, 4) is 5.75 Å². The van der Waals surface area contributed by atoms with E-state index in [1.807, 2.05) is 0 Å². The summed E-state index contributed by atoms with van der Waals surface area (Å²) < 4.78 is 72.6. The molecule has 1 unspecified atom stereocenters. The van der Waals surface area contributed by atoms with Gasteiger partial charge < -0.3 is 24.6 Å². The van der Waals surface area contributed by atoms with Crippen LogP contribution in [0, 0.1) is 17.6 Å². The molecule has 0 spiro atoms. The molecule has 1 aliphatic rings. The van der Waals surface area contributed by atoms with Crippen LogP contribution in [0.2, 0.25) is 0 Å². The van der Waals surface area contributed by atoms with E-state index in [-0.39, 0.29) is 30.2 Å². The van der Waals surface area contributed by atoms with Crippen molar-refractivity contribution in [2.75, 3.05) is 19.7 Å². The highest BCUT2D eigenvalue weighted by molar-refractivity contribution is 7.89. The quantitative estimate of drug-likeness (QED) is 0.225. The van der Waals surface area contributed by atoms with Gasteiger partial charge in [-0.25, -0.2) is 22.0 Å². The zero-order chi connectivity index (χ0) is 32.1. The monoisotopic (exact) mass is 632 g/mol. The standard InChI is InChI=1S/C31H34F2N2O8S/c1-20(2)29(37)41-21(3)42-30(38)34-25(17-36)15-22-7-6-8-26(16-22)44(39,40)35-18-31(19-35,23-11-13-24(32)14-12-23)43-28-10-5-4-9-27(28)33/h4-14,16,20-21,25,36H,15,17-19H2,1-3H3,(H,34,38)/t21?,25-/m0/s1. The molecule has 1 aliphatic heterocycles. The molecule has 10 nitrogen and oxygen atoms in total. The fourth-order valence-electron chi connectivity index (χ4n) is 4.59. The van der Waals surface area contributed by atoms with E-state index < -0.39 is 64.2 Å². The van der Waals surface area contributed by atoms with Gasteiger partial charge in [-0.15, -0.1) is 0 Å². The Morgan fingerprint density at radius 2 is 1.66 bits per heavy atom. The first-order chi connectivity index (χ1) is 20.8. The average molecular weight is 633 g/mol. The summed E-state index contributed by atoms with van der Waals surface area (Å²) in [6.45, 7) is 3.84. The van der Waals surface area contributed by atoms with Gasteiger partial charge in [0.15, 0.2) is 17.2 Å². The molecule has 13 heteroatoms. The van der Waals surface area contributed by atoms with E-state index >= 15 is 0 Å². The number of hydrogen-bond acceptors (Lipinski definition) is 8. The summed E-state index contributed by atoms with van der Waals surface area (Å²) in [5.74, 6) is -2.12. The number of benzene rings is 3. The normalized spacial score (nSPS) is 16.0. The molecule has 1 heterocycles. The van der Waals surface area contributed by atoms with Gasteiger partial charge in [-0.3, -0.25) is 4.79 Å². The van der Waals surface area contributed by atoms with Crippen molar-refractivity contribution in [3.63, 3.8) is 0 Å². The SMILES string of the molecule is CC(OC(=O)N[C@H](CO)Cc1cccc(S(=O)(=O)N2CC(Oc3ccccc3F)(c3ccc(F)cc3)C2)c1)OC(=O)C(C)C. The van der Waals surface area contributed by atoms with Crippen molar-refractivity contribution in [1.82, 2.24) is 9.62 Å². The number of rotatable bonds is 12. The number of para-hydroxylation sites is 1. The molecular weight excluding hydrogens is 598 g/mol. The molecule has 0 bridgehead atoms. The van der Waals surface area contributed by atoms with Crippen LogP contribution in [-0.4, -0.2) is 61.9 Å². The van der Waals surface area contributed by atoms with Gasteiger partial charge in [-0.05, 0) is 53.9 Å². The Hall–Kier alpha value is -4.07. The highest BCUT2D eigenvalue weighted by Crippen LogP contribution is 2.40. The topological polar surface area (TPSA) is 131 Å². The lowest BCUT2D eigenvalue weighted by Gasteiger charge is -2.48. The molecule has 0 aromatic heterocycles. The Kier molecular flexibility index (Phi) is 10.2. The summed E-state index contributed by atoms with van der Waals surface area (Å²) in [5, 5.41) is 12.3. The number of alkyl carbamates (subject to hydrolysis) is 1. The van der Waals surface area contributed by atoms with E-state index in [4.69, 9.17) is 14.2 Å². The summed E-state index contributed by atoms with van der Waals surface area (Å²) in [7, 11) is -4.05. The lowest BCUT2D eigenvalue weighted by Crippen LogP contribution is -2.64. The molecule has 44 heavy (non-hydrogen) atoms. The van der Waals surface area contributed by atoms with Crippen molar-refractivity contribution in [2.45, 2.75) is 50.0 Å². The van der Waals surface area contributed by atoms with Crippen LogP contribution in [0.4, 0.5) is 13.6 Å². The lowest BCUT2D eigenvalue weighted by atomic mass is 9.87. The molecule has 3 aromatic carbocycles. The summed E-state index contributed by atoms with van der Waals surface area (Å²) in [6.07, 6.45) is -2.02. The number of nitrogens with zero attached hydrogens (tertiary/aromatic N) is 1. The van der Waals surface area contributed by atoms with Crippen LogP contribution in [-0.2, 0) is 36.3 Å². The molecule has 1 amide bonds. The number of carbonyl (C=O) groups is 2. The zero-order valence-electron chi connectivity index (χ0n) is 24.4. The summed E-state index contributed by atoms with van der Waals surface area (Å²) in [4.78, 5) is 23.9.